The van der Waals surface area contributed by atoms with E-state index in [1.54, 1.807) is 14.2 Å². The van der Waals surface area contributed by atoms with Crippen molar-refractivity contribution in [3.05, 3.63) is 23.8 Å². The summed E-state index contributed by atoms with van der Waals surface area (Å²) >= 11 is 0. The lowest BCUT2D eigenvalue weighted by Gasteiger charge is -2.19. The van der Waals surface area contributed by atoms with E-state index in [0.717, 1.165) is 31.1 Å². The van der Waals surface area contributed by atoms with Gasteiger partial charge in [-0.25, -0.2) is 0 Å². The van der Waals surface area contributed by atoms with Gasteiger partial charge in [0, 0.05) is 25.7 Å². The van der Waals surface area contributed by atoms with Crippen LogP contribution in [0.25, 0.3) is 0 Å². The second-order valence-electron chi connectivity index (χ2n) is 5.04. The van der Waals surface area contributed by atoms with Crippen LogP contribution in [0, 0.1) is 0 Å². The molecule has 0 bridgehead atoms. The van der Waals surface area contributed by atoms with Crippen molar-refractivity contribution >= 4 is 0 Å². The topological polar surface area (TPSA) is 33.7 Å². The van der Waals surface area contributed by atoms with E-state index in [0.29, 0.717) is 6.04 Å². The van der Waals surface area contributed by atoms with Crippen LogP contribution < -0.4 is 14.8 Å². The highest BCUT2D eigenvalue weighted by Gasteiger charge is 2.06. The van der Waals surface area contributed by atoms with Crippen molar-refractivity contribution in [2.45, 2.75) is 26.4 Å². The normalized spacial score (nSPS) is 11.1. The van der Waals surface area contributed by atoms with E-state index in [1.807, 2.05) is 12.1 Å². The number of hydrogen-bond donors (Lipinski definition) is 1. The molecule has 1 aromatic carbocycles. The van der Waals surface area contributed by atoms with E-state index >= 15 is 0 Å². The molecule has 0 fully saturated rings. The largest absolute Gasteiger partial charge is 0.493 e. The van der Waals surface area contributed by atoms with Crippen molar-refractivity contribution in [1.82, 2.24) is 10.2 Å². The molecule has 1 aromatic rings. The highest BCUT2D eigenvalue weighted by molar-refractivity contribution is 5.42. The van der Waals surface area contributed by atoms with Crippen LogP contribution in [0.1, 0.15) is 19.4 Å². The van der Waals surface area contributed by atoms with Gasteiger partial charge in [0.1, 0.15) is 0 Å². The van der Waals surface area contributed by atoms with Gasteiger partial charge in [-0.2, -0.15) is 0 Å². The predicted molar refractivity (Wildman–Crippen MR) is 79.0 cm³/mol. The number of rotatable bonds is 8. The van der Waals surface area contributed by atoms with Crippen LogP contribution in [0.15, 0.2) is 18.2 Å². The highest BCUT2D eigenvalue weighted by Crippen LogP contribution is 2.27. The second kappa shape index (κ2) is 8.02. The first-order valence-electron chi connectivity index (χ1n) is 6.69. The van der Waals surface area contributed by atoms with Crippen LogP contribution in [0.2, 0.25) is 0 Å². The number of methoxy groups -OCH3 is 2. The Morgan fingerprint density at radius 3 is 2.42 bits per heavy atom. The fraction of sp³-hybridized carbons (Fsp3) is 0.600. The highest BCUT2D eigenvalue weighted by atomic mass is 16.5. The van der Waals surface area contributed by atoms with E-state index in [1.165, 1.54) is 5.56 Å². The summed E-state index contributed by atoms with van der Waals surface area (Å²) in [6.07, 6.45) is 0. The molecule has 4 heteroatoms. The standard InChI is InChI=1S/C15H26N2O2/c1-12(2)16-8-9-17(3)11-13-6-7-14(18-4)15(10-13)19-5/h6-7,10,12,16H,8-9,11H2,1-5H3. The molecule has 108 valence electrons. The maximum atomic E-state index is 5.32. The first-order chi connectivity index (χ1) is 9.06. The van der Waals surface area contributed by atoms with Crippen molar-refractivity contribution in [3.8, 4) is 11.5 Å². The number of likely N-dealkylation sites (N-methyl/N-ethyl adjacent to an activating group) is 1. The Morgan fingerprint density at radius 2 is 1.84 bits per heavy atom. The molecule has 0 radical (unpaired) electrons. The smallest absolute Gasteiger partial charge is 0.161 e. The summed E-state index contributed by atoms with van der Waals surface area (Å²) in [4.78, 5) is 2.29. The SMILES string of the molecule is COc1ccc(CN(C)CCNC(C)C)cc1OC. The summed E-state index contributed by atoms with van der Waals surface area (Å²) in [5.74, 6) is 1.56. The van der Waals surface area contributed by atoms with E-state index in [2.05, 4.69) is 37.2 Å². The van der Waals surface area contributed by atoms with E-state index in [4.69, 9.17) is 9.47 Å². The molecule has 0 aliphatic rings. The van der Waals surface area contributed by atoms with Gasteiger partial charge < -0.3 is 19.7 Å². The molecule has 4 nitrogen and oxygen atoms in total. The van der Waals surface area contributed by atoms with Gasteiger partial charge in [-0.05, 0) is 24.7 Å². The third-order valence-corrected chi connectivity index (χ3v) is 2.95. The van der Waals surface area contributed by atoms with E-state index in [-0.39, 0.29) is 0 Å². The summed E-state index contributed by atoms with van der Waals surface area (Å²) in [6, 6.07) is 6.60. The number of benzene rings is 1. The van der Waals surface area contributed by atoms with Crippen molar-refractivity contribution in [1.29, 1.82) is 0 Å². The van der Waals surface area contributed by atoms with Crippen molar-refractivity contribution in [3.63, 3.8) is 0 Å². The number of hydrogen-bond acceptors (Lipinski definition) is 4. The van der Waals surface area contributed by atoms with Crippen LogP contribution in [-0.4, -0.2) is 45.3 Å². The fourth-order valence-corrected chi connectivity index (χ4v) is 1.91. The van der Waals surface area contributed by atoms with Gasteiger partial charge in [0.25, 0.3) is 0 Å². The van der Waals surface area contributed by atoms with Gasteiger partial charge in [-0.15, -0.1) is 0 Å². The monoisotopic (exact) mass is 266 g/mol. The second-order valence-corrected chi connectivity index (χ2v) is 5.04. The molecule has 1 rings (SSSR count). The summed E-state index contributed by atoms with van der Waals surface area (Å²) < 4.78 is 10.6. The molecule has 0 aliphatic carbocycles. The van der Waals surface area contributed by atoms with Crippen molar-refractivity contribution in [2.24, 2.45) is 0 Å². The lowest BCUT2D eigenvalue weighted by Crippen LogP contribution is -2.32. The van der Waals surface area contributed by atoms with E-state index < -0.39 is 0 Å². The molecule has 0 heterocycles. The molecule has 0 aliphatic heterocycles. The van der Waals surface area contributed by atoms with Crippen LogP contribution in [-0.2, 0) is 6.54 Å². The fourth-order valence-electron chi connectivity index (χ4n) is 1.91. The number of nitrogens with zero attached hydrogens (tertiary/aromatic N) is 1. The Kier molecular flexibility index (Phi) is 6.67. The maximum absolute atomic E-state index is 5.32. The molecular formula is C15H26N2O2. The third kappa shape index (κ3) is 5.49. The number of ether oxygens (including phenoxy) is 2. The molecular weight excluding hydrogens is 240 g/mol. The summed E-state index contributed by atoms with van der Waals surface area (Å²) in [6.45, 7) is 7.25. The molecule has 0 spiro atoms. The van der Waals surface area contributed by atoms with Gasteiger partial charge >= 0.3 is 0 Å². The first-order valence-corrected chi connectivity index (χ1v) is 6.69. The van der Waals surface area contributed by atoms with Crippen LogP contribution >= 0.6 is 0 Å². The van der Waals surface area contributed by atoms with Gasteiger partial charge in [0.2, 0.25) is 0 Å². The molecule has 0 atom stereocenters. The summed E-state index contributed by atoms with van der Waals surface area (Å²) in [5.41, 5.74) is 1.23. The Labute approximate surface area is 116 Å². The molecule has 19 heavy (non-hydrogen) atoms. The zero-order valence-corrected chi connectivity index (χ0v) is 12.7. The van der Waals surface area contributed by atoms with Gasteiger partial charge in [0.05, 0.1) is 14.2 Å². The Balaban J connectivity index is 2.52. The van der Waals surface area contributed by atoms with Gasteiger partial charge in [-0.1, -0.05) is 19.9 Å². The number of nitrogens with one attached hydrogen (secondary N) is 1. The van der Waals surface area contributed by atoms with Gasteiger partial charge in [0.15, 0.2) is 11.5 Å². The van der Waals surface area contributed by atoms with Crippen LogP contribution in [0.4, 0.5) is 0 Å². The third-order valence-electron chi connectivity index (χ3n) is 2.95. The quantitative estimate of drug-likeness (QED) is 0.781. The maximum Gasteiger partial charge on any atom is 0.161 e. The predicted octanol–water partition coefficient (Wildman–Crippen LogP) is 2.13. The average Bonchev–Trinajstić information content (AvgIpc) is 2.38. The Morgan fingerprint density at radius 1 is 1.16 bits per heavy atom. The summed E-state index contributed by atoms with van der Waals surface area (Å²) in [5, 5.41) is 3.42. The van der Waals surface area contributed by atoms with Gasteiger partial charge in [-0.3, -0.25) is 0 Å². The minimum atomic E-state index is 0.537. The van der Waals surface area contributed by atoms with E-state index in [9.17, 15) is 0 Å². The van der Waals surface area contributed by atoms with Crippen molar-refractivity contribution in [2.75, 3.05) is 34.4 Å². The zero-order valence-electron chi connectivity index (χ0n) is 12.7. The average molecular weight is 266 g/mol. The molecule has 0 unspecified atom stereocenters. The Bertz CT molecular complexity index is 380. The summed E-state index contributed by atoms with van der Waals surface area (Å²) in [7, 11) is 5.44. The minimum absolute atomic E-state index is 0.537. The zero-order chi connectivity index (χ0) is 14.3. The molecule has 0 amide bonds. The first kappa shape index (κ1) is 15.8. The molecule has 0 aromatic heterocycles. The minimum Gasteiger partial charge on any atom is -0.493 e. The molecule has 0 saturated carbocycles. The van der Waals surface area contributed by atoms with Crippen molar-refractivity contribution < 1.29 is 9.47 Å². The van der Waals surface area contributed by atoms with Crippen LogP contribution in [0.5, 0.6) is 11.5 Å². The lowest BCUT2D eigenvalue weighted by molar-refractivity contribution is 0.317. The lowest BCUT2D eigenvalue weighted by atomic mass is 10.2. The molecule has 1 N–H and O–H groups in total. The molecule has 0 saturated heterocycles. The van der Waals surface area contributed by atoms with Crippen LogP contribution in [0.3, 0.4) is 0 Å². The Hall–Kier alpha value is -1.26.